The molecule has 9 nitrogen and oxygen atoms in total. The zero-order valence-electron chi connectivity index (χ0n) is 27.9. The van der Waals surface area contributed by atoms with Crippen molar-refractivity contribution in [3.8, 4) is 51.7 Å². The predicted molar refractivity (Wildman–Crippen MR) is 179 cm³/mol. The minimum atomic E-state index is -0.0729. The number of ether oxygens (including phenoxy) is 6. The Morgan fingerprint density at radius 1 is 0.702 bits per heavy atom. The Bertz CT molecular complexity index is 1820. The first-order valence-electron chi connectivity index (χ1n) is 16.1. The Kier molecular flexibility index (Phi) is 8.28. The van der Waals surface area contributed by atoms with Gasteiger partial charge in [0, 0.05) is 36.3 Å². The minimum absolute atomic E-state index is 0.0311. The number of hydrogen-bond donors (Lipinski definition) is 1. The number of phenols is 1. The van der Waals surface area contributed by atoms with Gasteiger partial charge < -0.3 is 33.5 Å². The molecule has 1 N–H and O–H groups in total. The molecule has 3 heterocycles. The van der Waals surface area contributed by atoms with E-state index in [9.17, 15) is 5.11 Å². The first-order chi connectivity index (χ1) is 22.8. The van der Waals surface area contributed by atoms with Crippen LogP contribution in [0.15, 0.2) is 54.6 Å². The van der Waals surface area contributed by atoms with Crippen molar-refractivity contribution in [3.05, 3.63) is 88.0 Å². The fourth-order valence-corrected chi connectivity index (χ4v) is 7.44. The number of fused-ring (bicyclic) bond motifs is 4. The summed E-state index contributed by atoms with van der Waals surface area (Å²) in [5.41, 5.74) is 6.50. The lowest BCUT2D eigenvalue weighted by molar-refractivity contribution is 0.217. The van der Waals surface area contributed by atoms with Crippen LogP contribution in [0, 0.1) is 0 Å². The van der Waals surface area contributed by atoms with Crippen molar-refractivity contribution in [1.82, 2.24) is 9.80 Å². The van der Waals surface area contributed by atoms with Crippen molar-refractivity contribution in [2.75, 3.05) is 55.6 Å². The van der Waals surface area contributed by atoms with Crippen LogP contribution in [0.4, 0.5) is 0 Å². The summed E-state index contributed by atoms with van der Waals surface area (Å²) in [5, 5.41) is 10.9. The summed E-state index contributed by atoms with van der Waals surface area (Å²) < 4.78 is 37.5. The van der Waals surface area contributed by atoms with Crippen molar-refractivity contribution in [2.24, 2.45) is 0 Å². The van der Waals surface area contributed by atoms with Gasteiger partial charge in [-0.25, -0.2) is 0 Å². The molecular weight excluding hydrogens is 596 g/mol. The molecule has 4 aromatic rings. The Morgan fingerprint density at radius 2 is 1.38 bits per heavy atom. The highest BCUT2D eigenvalue weighted by Gasteiger charge is 2.36. The number of likely N-dealkylation sites (N-methyl/N-ethyl adjacent to an activating group) is 2. The molecule has 47 heavy (non-hydrogen) atoms. The van der Waals surface area contributed by atoms with Crippen LogP contribution in [-0.4, -0.2) is 70.5 Å². The molecule has 2 unspecified atom stereocenters. The highest BCUT2D eigenvalue weighted by Crippen LogP contribution is 2.54. The smallest absolute Gasteiger partial charge is 0.204 e. The summed E-state index contributed by atoms with van der Waals surface area (Å²) in [5.74, 6) is 4.72. The zero-order chi connectivity index (χ0) is 32.8. The molecule has 246 valence electrons. The van der Waals surface area contributed by atoms with Gasteiger partial charge in [-0.2, -0.15) is 0 Å². The van der Waals surface area contributed by atoms with E-state index in [0.717, 1.165) is 65.7 Å². The number of nitrogens with zero attached hydrogens (tertiary/aromatic N) is 2. The number of phenolic OH excluding ortho intramolecular Hbond substituents is 1. The van der Waals surface area contributed by atoms with Crippen molar-refractivity contribution in [2.45, 2.75) is 37.8 Å². The number of rotatable bonds is 4. The van der Waals surface area contributed by atoms with Crippen LogP contribution >= 0.6 is 0 Å². The van der Waals surface area contributed by atoms with Gasteiger partial charge in [0.1, 0.15) is 5.75 Å². The SMILES string of the molecule is COc1cc2c3c(c1OC)Oc1c(OC)c(OC)cc4c1C(Cc1ccc(O)c(c1)Oc1cccc(c1)CC2N(C)CC3)N(C)CC4. The van der Waals surface area contributed by atoms with Crippen molar-refractivity contribution in [3.63, 3.8) is 0 Å². The molecule has 0 saturated heterocycles. The van der Waals surface area contributed by atoms with E-state index in [4.69, 9.17) is 28.4 Å². The van der Waals surface area contributed by atoms with Crippen LogP contribution in [0.1, 0.15) is 45.5 Å². The van der Waals surface area contributed by atoms with Gasteiger partial charge >= 0.3 is 0 Å². The van der Waals surface area contributed by atoms with Gasteiger partial charge in [0.15, 0.2) is 34.5 Å². The number of methoxy groups -OCH3 is 4. The van der Waals surface area contributed by atoms with Crippen LogP contribution in [0.5, 0.6) is 51.7 Å². The summed E-state index contributed by atoms with van der Waals surface area (Å²) in [6.07, 6.45) is 2.96. The third-order valence-electron chi connectivity index (χ3n) is 9.93. The van der Waals surface area contributed by atoms with Gasteiger partial charge in [0.25, 0.3) is 0 Å². The molecule has 0 amide bonds. The molecule has 0 aromatic heterocycles. The Balaban J connectivity index is 1.53. The predicted octanol–water partition coefficient (Wildman–Crippen LogP) is 6.87. The Labute approximate surface area is 276 Å². The lowest BCUT2D eigenvalue weighted by Crippen LogP contribution is -2.34. The molecule has 3 aliphatic rings. The van der Waals surface area contributed by atoms with E-state index >= 15 is 0 Å². The van der Waals surface area contributed by atoms with Crippen LogP contribution in [-0.2, 0) is 25.7 Å². The summed E-state index contributed by atoms with van der Waals surface area (Å²) in [4.78, 5) is 4.71. The minimum Gasteiger partial charge on any atom is -0.504 e. The highest BCUT2D eigenvalue weighted by molar-refractivity contribution is 5.67. The fourth-order valence-electron chi connectivity index (χ4n) is 7.44. The van der Waals surface area contributed by atoms with Crippen molar-refractivity contribution < 1.29 is 33.5 Å². The highest BCUT2D eigenvalue weighted by atomic mass is 16.6. The van der Waals surface area contributed by atoms with Gasteiger partial charge in [0.2, 0.25) is 11.5 Å². The van der Waals surface area contributed by atoms with Gasteiger partial charge in [-0.1, -0.05) is 18.2 Å². The van der Waals surface area contributed by atoms with Gasteiger partial charge in [-0.15, -0.1) is 0 Å². The Hall–Kier alpha value is -4.60. The lowest BCUT2D eigenvalue weighted by atomic mass is 9.86. The third kappa shape index (κ3) is 5.47. The lowest BCUT2D eigenvalue weighted by Gasteiger charge is -2.38. The van der Waals surface area contributed by atoms with Gasteiger partial charge in [0.05, 0.1) is 28.4 Å². The van der Waals surface area contributed by atoms with Crippen LogP contribution in [0.2, 0.25) is 0 Å². The van der Waals surface area contributed by atoms with Gasteiger partial charge in [-0.05, 0) is 98.4 Å². The molecule has 0 saturated carbocycles. The first-order valence-corrected chi connectivity index (χ1v) is 16.1. The summed E-state index contributed by atoms with van der Waals surface area (Å²) in [7, 11) is 10.9. The molecule has 9 heteroatoms. The molecule has 0 radical (unpaired) electrons. The number of aromatic hydroxyl groups is 1. The summed E-state index contributed by atoms with van der Waals surface area (Å²) >= 11 is 0. The molecular formula is C38H42N2O7. The quantitative estimate of drug-likeness (QED) is 0.258. The largest absolute Gasteiger partial charge is 0.504 e. The second-order valence-corrected chi connectivity index (χ2v) is 12.6. The molecule has 3 aliphatic heterocycles. The second-order valence-electron chi connectivity index (χ2n) is 12.6. The molecule has 8 bridgehead atoms. The number of hydrogen-bond acceptors (Lipinski definition) is 9. The maximum Gasteiger partial charge on any atom is 0.204 e. The standard InChI is InChI=1S/C38H42N2O7/c1-39-15-13-26-27-21-33(43-4)36(44-5)35(26)47-38-34-24(20-32(42-3)37(38)45-6)12-14-40(2)29(34)18-23-10-11-30(41)31(19-23)46-25-9-7-8-22(16-25)17-28(27)39/h7-11,16,19-21,28-29,41H,12-15,17-18H2,1-6H3. The number of benzene rings is 4. The normalized spacial score (nSPS) is 19.0. The van der Waals surface area contributed by atoms with Crippen LogP contribution < -0.4 is 28.4 Å². The first kappa shape index (κ1) is 31.0. The van der Waals surface area contributed by atoms with Gasteiger partial charge in [-0.3, -0.25) is 9.80 Å². The monoisotopic (exact) mass is 638 g/mol. The third-order valence-corrected chi connectivity index (χ3v) is 9.93. The van der Waals surface area contributed by atoms with E-state index in [2.05, 4.69) is 48.2 Å². The van der Waals surface area contributed by atoms with E-state index in [1.807, 2.05) is 24.3 Å². The zero-order valence-corrected chi connectivity index (χ0v) is 27.9. The van der Waals surface area contributed by atoms with E-state index in [-0.39, 0.29) is 17.8 Å². The molecule has 2 atom stereocenters. The maximum absolute atomic E-state index is 10.9. The molecule has 0 fully saturated rings. The van der Waals surface area contributed by atoms with E-state index in [1.54, 1.807) is 34.5 Å². The summed E-state index contributed by atoms with van der Waals surface area (Å²) in [6.45, 7) is 1.69. The van der Waals surface area contributed by atoms with Crippen molar-refractivity contribution in [1.29, 1.82) is 0 Å². The molecule has 7 rings (SSSR count). The average Bonchev–Trinajstić information content (AvgIpc) is 3.07. The second kappa shape index (κ2) is 12.5. The molecule has 4 aromatic carbocycles. The molecule has 0 aliphatic carbocycles. The maximum atomic E-state index is 10.9. The van der Waals surface area contributed by atoms with E-state index in [1.165, 1.54) is 0 Å². The van der Waals surface area contributed by atoms with E-state index < -0.39 is 0 Å². The van der Waals surface area contributed by atoms with Crippen LogP contribution in [0.3, 0.4) is 0 Å². The van der Waals surface area contributed by atoms with E-state index in [0.29, 0.717) is 52.4 Å². The topological polar surface area (TPSA) is 82.1 Å². The fraction of sp³-hybridized carbons (Fsp3) is 0.368. The van der Waals surface area contributed by atoms with Crippen molar-refractivity contribution >= 4 is 0 Å². The Morgan fingerprint density at radius 3 is 2.15 bits per heavy atom. The molecule has 0 spiro atoms. The average molecular weight is 639 g/mol. The van der Waals surface area contributed by atoms with Crippen LogP contribution in [0.25, 0.3) is 0 Å². The summed E-state index contributed by atoms with van der Waals surface area (Å²) in [6, 6.07) is 17.8.